The minimum Gasteiger partial charge on any atom is -0.489 e. The largest absolute Gasteiger partial charge is 0.489 e. The van der Waals surface area contributed by atoms with Gasteiger partial charge in [0.15, 0.2) is 5.69 Å². The van der Waals surface area contributed by atoms with Gasteiger partial charge in [-0.2, -0.15) is 13.2 Å². The van der Waals surface area contributed by atoms with Gasteiger partial charge in [0, 0.05) is 43.8 Å². The summed E-state index contributed by atoms with van der Waals surface area (Å²) in [7, 11) is 0. The second kappa shape index (κ2) is 11.3. The van der Waals surface area contributed by atoms with Crippen LogP contribution in [0.15, 0.2) is 42.9 Å². The Labute approximate surface area is 245 Å². The van der Waals surface area contributed by atoms with Crippen molar-refractivity contribution in [2.75, 3.05) is 29.4 Å². The number of alkyl halides is 3. The van der Waals surface area contributed by atoms with Crippen molar-refractivity contribution in [2.45, 2.75) is 62.8 Å². The number of carboxylic acids is 1. The topological polar surface area (TPSA) is 134 Å². The average Bonchev–Trinajstić information content (AvgIpc) is 3.64. The van der Waals surface area contributed by atoms with Gasteiger partial charge in [-0.25, -0.2) is 24.7 Å². The van der Waals surface area contributed by atoms with Crippen LogP contribution in [0.3, 0.4) is 0 Å². The van der Waals surface area contributed by atoms with Gasteiger partial charge in [-0.3, -0.25) is 4.79 Å². The summed E-state index contributed by atoms with van der Waals surface area (Å²) in [5.74, 6) is -1.32. The highest BCUT2D eigenvalue weighted by Gasteiger charge is 2.44. The third-order valence-electron chi connectivity index (χ3n) is 8.23. The molecular weight excluding hydrogens is 567 g/mol. The zero-order valence-electron chi connectivity index (χ0n) is 23.2. The third kappa shape index (κ3) is 5.77. The van der Waals surface area contributed by atoms with Crippen LogP contribution in [0.25, 0.3) is 0 Å². The van der Waals surface area contributed by atoms with Gasteiger partial charge in [0.05, 0.1) is 12.1 Å². The SMILES string of the molecule is O=C(NC1(C(=O)O)CCCCC1)c1cnc(N2CCc3cc(O[C@@H]4CCN(c5ncccn5)C4)ccc32)nc1C(F)(F)F. The first-order chi connectivity index (χ1) is 20.6. The van der Waals surface area contributed by atoms with Crippen LogP contribution in [-0.2, 0) is 17.4 Å². The van der Waals surface area contributed by atoms with Crippen molar-refractivity contribution in [1.82, 2.24) is 25.3 Å². The maximum Gasteiger partial charge on any atom is 0.434 e. The minimum atomic E-state index is -4.96. The summed E-state index contributed by atoms with van der Waals surface area (Å²) in [6.07, 6.45) is 2.71. The number of ether oxygens (including phenoxy) is 1. The molecule has 0 radical (unpaired) electrons. The number of hydrogen-bond donors (Lipinski definition) is 2. The molecule has 2 fully saturated rings. The third-order valence-corrected chi connectivity index (χ3v) is 8.23. The summed E-state index contributed by atoms with van der Waals surface area (Å²) in [6.45, 7) is 1.73. The number of carbonyl (C=O) groups excluding carboxylic acids is 1. The minimum absolute atomic E-state index is 0.0652. The van der Waals surface area contributed by atoms with E-state index >= 15 is 0 Å². The lowest BCUT2D eigenvalue weighted by atomic mass is 9.81. The molecular formula is C29H30F3N7O4. The van der Waals surface area contributed by atoms with Crippen molar-refractivity contribution >= 4 is 29.5 Å². The first kappa shape index (κ1) is 28.6. The van der Waals surface area contributed by atoms with Crippen LogP contribution in [0.5, 0.6) is 5.75 Å². The fourth-order valence-corrected chi connectivity index (χ4v) is 6.03. The maximum absolute atomic E-state index is 14.2. The van der Waals surface area contributed by atoms with Crippen molar-refractivity contribution in [2.24, 2.45) is 0 Å². The molecule has 1 saturated carbocycles. The fraction of sp³-hybridized carbons (Fsp3) is 0.448. The Hall–Kier alpha value is -4.49. The Bertz CT molecular complexity index is 1520. The molecule has 3 aliphatic rings. The molecule has 1 saturated heterocycles. The predicted octanol–water partition coefficient (Wildman–Crippen LogP) is 4.15. The molecule has 1 atom stereocenters. The lowest BCUT2D eigenvalue weighted by molar-refractivity contribution is -0.145. The summed E-state index contributed by atoms with van der Waals surface area (Å²) in [6, 6.07) is 7.16. The highest BCUT2D eigenvalue weighted by Crippen LogP contribution is 2.38. The Morgan fingerprint density at radius 3 is 2.53 bits per heavy atom. The number of nitrogens with one attached hydrogen (secondary N) is 1. The molecule has 1 aliphatic carbocycles. The van der Waals surface area contributed by atoms with E-state index in [0.29, 0.717) is 49.7 Å². The second-order valence-corrected chi connectivity index (χ2v) is 11.0. The van der Waals surface area contributed by atoms with Gasteiger partial charge >= 0.3 is 12.1 Å². The van der Waals surface area contributed by atoms with Gasteiger partial charge in [-0.1, -0.05) is 19.3 Å². The number of halogens is 3. The Balaban J connectivity index is 1.19. The van der Waals surface area contributed by atoms with E-state index in [1.54, 1.807) is 35.5 Å². The molecule has 43 heavy (non-hydrogen) atoms. The molecule has 4 heterocycles. The van der Waals surface area contributed by atoms with E-state index in [1.807, 2.05) is 6.07 Å². The predicted molar refractivity (Wildman–Crippen MR) is 148 cm³/mol. The highest BCUT2D eigenvalue weighted by molar-refractivity contribution is 5.98. The highest BCUT2D eigenvalue weighted by atomic mass is 19.4. The normalized spacial score (nSPS) is 19.7. The molecule has 2 aliphatic heterocycles. The van der Waals surface area contributed by atoms with Crippen LogP contribution < -0.4 is 19.9 Å². The first-order valence-electron chi connectivity index (χ1n) is 14.2. The molecule has 1 aromatic carbocycles. The fourth-order valence-electron chi connectivity index (χ4n) is 6.03. The quantitative estimate of drug-likeness (QED) is 0.409. The van der Waals surface area contributed by atoms with Crippen molar-refractivity contribution in [1.29, 1.82) is 0 Å². The van der Waals surface area contributed by atoms with E-state index in [1.165, 1.54) is 0 Å². The van der Waals surface area contributed by atoms with E-state index < -0.39 is 34.8 Å². The first-order valence-corrected chi connectivity index (χ1v) is 14.2. The zero-order chi connectivity index (χ0) is 30.2. The number of hydrogen-bond acceptors (Lipinski definition) is 9. The summed E-state index contributed by atoms with van der Waals surface area (Å²) in [5.41, 5.74) is -2.31. The summed E-state index contributed by atoms with van der Waals surface area (Å²) >= 11 is 0. The standard InChI is InChI=1S/C29H30F3N7O4/c30-29(31,32)23-21(24(40)37-28(25(41)42)9-2-1-3-10-28)16-35-27(36-23)39-14-7-18-15-19(5-6-22(18)39)43-20-8-13-38(17-20)26-33-11-4-12-34-26/h4-6,11-12,15-16,20H,1-3,7-10,13-14,17H2,(H,37,40)(H,41,42)/t20-/m1/s1. The number of nitrogens with zero attached hydrogens (tertiary/aromatic N) is 6. The average molecular weight is 598 g/mol. The molecule has 0 unspecified atom stereocenters. The Kier molecular flexibility index (Phi) is 7.52. The molecule has 1 amide bonds. The lowest BCUT2D eigenvalue weighted by Gasteiger charge is -2.34. The Morgan fingerprint density at radius 1 is 1.05 bits per heavy atom. The number of fused-ring (bicyclic) bond motifs is 1. The van der Waals surface area contributed by atoms with Crippen LogP contribution in [0.2, 0.25) is 0 Å². The van der Waals surface area contributed by atoms with Crippen LogP contribution in [0, 0.1) is 0 Å². The maximum atomic E-state index is 14.2. The molecule has 11 nitrogen and oxygen atoms in total. The number of benzene rings is 1. The van der Waals surface area contributed by atoms with E-state index in [4.69, 9.17) is 4.74 Å². The summed E-state index contributed by atoms with van der Waals surface area (Å²) in [4.78, 5) is 45.1. The van der Waals surface area contributed by atoms with Crippen LogP contribution >= 0.6 is 0 Å². The number of carbonyl (C=O) groups is 2. The number of anilines is 3. The second-order valence-electron chi connectivity index (χ2n) is 11.0. The van der Waals surface area contributed by atoms with Gasteiger partial charge < -0.3 is 25.0 Å². The van der Waals surface area contributed by atoms with Gasteiger partial charge in [-0.05, 0) is 49.1 Å². The molecule has 0 spiro atoms. The van der Waals surface area contributed by atoms with Gasteiger partial charge in [0.25, 0.3) is 5.91 Å². The number of aliphatic carboxylic acids is 1. The van der Waals surface area contributed by atoms with Crippen molar-refractivity contribution < 1.29 is 32.6 Å². The molecule has 6 rings (SSSR count). The molecule has 2 N–H and O–H groups in total. The monoisotopic (exact) mass is 597 g/mol. The lowest BCUT2D eigenvalue weighted by Crippen LogP contribution is -2.55. The van der Waals surface area contributed by atoms with Crippen molar-refractivity contribution in [3.05, 3.63) is 59.7 Å². The van der Waals surface area contributed by atoms with Crippen molar-refractivity contribution in [3.63, 3.8) is 0 Å². The van der Waals surface area contributed by atoms with Crippen LogP contribution in [0.4, 0.5) is 30.8 Å². The van der Waals surface area contributed by atoms with Crippen LogP contribution in [0.1, 0.15) is 60.1 Å². The zero-order valence-corrected chi connectivity index (χ0v) is 23.2. The smallest absolute Gasteiger partial charge is 0.434 e. The molecule has 0 bridgehead atoms. The number of rotatable bonds is 7. The van der Waals surface area contributed by atoms with E-state index in [2.05, 4.69) is 30.2 Å². The molecule has 3 aromatic rings. The van der Waals surface area contributed by atoms with E-state index in [-0.39, 0.29) is 24.9 Å². The van der Waals surface area contributed by atoms with E-state index in [0.717, 1.165) is 31.1 Å². The Morgan fingerprint density at radius 2 is 1.81 bits per heavy atom. The molecule has 2 aromatic heterocycles. The van der Waals surface area contributed by atoms with Crippen molar-refractivity contribution in [3.8, 4) is 5.75 Å². The van der Waals surface area contributed by atoms with Gasteiger partial charge in [0.2, 0.25) is 11.9 Å². The van der Waals surface area contributed by atoms with Gasteiger partial charge in [-0.15, -0.1) is 0 Å². The van der Waals surface area contributed by atoms with Crippen LogP contribution in [-0.4, -0.2) is 68.2 Å². The van der Waals surface area contributed by atoms with E-state index in [9.17, 15) is 27.9 Å². The molecule has 14 heteroatoms. The summed E-state index contributed by atoms with van der Waals surface area (Å²) < 4.78 is 48.7. The number of aromatic nitrogens is 4. The van der Waals surface area contributed by atoms with Gasteiger partial charge in [0.1, 0.15) is 17.4 Å². The molecule has 226 valence electrons. The number of amides is 1. The summed E-state index contributed by atoms with van der Waals surface area (Å²) in [5, 5.41) is 12.1. The number of carboxylic acid groups (broad SMARTS) is 1.